The van der Waals surface area contributed by atoms with Crippen molar-refractivity contribution in [1.82, 2.24) is 4.98 Å². The number of furan rings is 1. The first-order valence-electron chi connectivity index (χ1n) is 3.28. The van der Waals surface area contributed by atoms with Gasteiger partial charge in [0.05, 0.1) is 12.1 Å². The molecular weight excluding hydrogens is 197 g/mol. The molecule has 0 spiro atoms. The lowest BCUT2D eigenvalue weighted by Crippen LogP contribution is -1.73. The van der Waals surface area contributed by atoms with Crippen LogP contribution in [0.5, 0.6) is 0 Å². The normalized spacial score (nSPS) is 9.75. The van der Waals surface area contributed by atoms with E-state index in [9.17, 15) is 0 Å². The zero-order valence-electron chi connectivity index (χ0n) is 6.16. The topological polar surface area (TPSA) is 26.0 Å². The smallest absolute Gasteiger partial charge is 0.137 e. The first kappa shape index (κ1) is 9.36. The summed E-state index contributed by atoms with van der Waals surface area (Å²) in [7, 11) is 0. The van der Waals surface area contributed by atoms with Gasteiger partial charge in [-0.2, -0.15) is 0 Å². The van der Waals surface area contributed by atoms with E-state index in [1.54, 1.807) is 18.7 Å². The van der Waals surface area contributed by atoms with Crippen LogP contribution in [0.2, 0.25) is 0 Å². The lowest BCUT2D eigenvalue weighted by Gasteiger charge is -1.86. The van der Waals surface area contributed by atoms with E-state index in [-0.39, 0.29) is 12.4 Å². The van der Waals surface area contributed by atoms with E-state index in [4.69, 9.17) is 16.0 Å². The molecule has 0 aliphatic heterocycles. The lowest BCUT2D eigenvalue weighted by atomic mass is 10.2. The number of hydrogen-bond donors (Lipinski definition) is 0. The predicted octanol–water partition coefficient (Wildman–Crippen LogP) is 2.99. The fourth-order valence-corrected chi connectivity index (χ4v) is 1.23. The van der Waals surface area contributed by atoms with Gasteiger partial charge in [-0.3, -0.25) is 4.98 Å². The van der Waals surface area contributed by atoms with Gasteiger partial charge in [0.25, 0.3) is 0 Å². The Morgan fingerprint density at radius 3 is 3.08 bits per heavy atom. The molecule has 0 unspecified atom stereocenters. The number of hydrogen-bond acceptors (Lipinski definition) is 2. The first-order valence-corrected chi connectivity index (χ1v) is 3.81. The highest BCUT2D eigenvalue weighted by Gasteiger charge is 2.02. The van der Waals surface area contributed by atoms with Crippen LogP contribution in [-0.2, 0) is 5.88 Å². The third kappa shape index (κ3) is 1.40. The standard InChI is InChI=1S/C8H6ClNO.ClH/c9-3-6-5-11-8-1-2-10-4-7(6)8;/h1-2,4-5H,3H2;1H. The van der Waals surface area contributed by atoms with Gasteiger partial charge in [-0.15, -0.1) is 24.0 Å². The van der Waals surface area contributed by atoms with Gasteiger partial charge in [-0.25, -0.2) is 0 Å². The zero-order chi connectivity index (χ0) is 7.68. The van der Waals surface area contributed by atoms with Crippen molar-refractivity contribution in [3.05, 3.63) is 30.3 Å². The molecule has 0 amide bonds. The first-order chi connectivity index (χ1) is 5.42. The number of alkyl halides is 1. The molecule has 2 aromatic rings. The molecule has 2 heterocycles. The van der Waals surface area contributed by atoms with Gasteiger partial charge in [-0.05, 0) is 6.07 Å². The van der Waals surface area contributed by atoms with Gasteiger partial charge in [0.1, 0.15) is 5.58 Å². The van der Waals surface area contributed by atoms with Crippen molar-refractivity contribution in [1.29, 1.82) is 0 Å². The maximum absolute atomic E-state index is 5.66. The lowest BCUT2D eigenvalue weighted by molar-refractivity contribution is 0.612. The van der Waals surface area contributed by atoms with Gasteiger partial charge in [0.2, 0.25) is 0 Å². The number of pyridine rings is 1. The van der Waals surface area contributed by atoms with Gasteiger partial charge >= 0.3 is 0 Å². The Morgan fingerprint density at radius 2 is 2.33 bits per heavy atom. The van der Waals surface area contributed by atoms with Crippen molar-refractivity contribution in [2.75, 3.05) is 0 Å². The van der Waals surface area contributed by atoms with Gasteiger partial charge in [0, 0.05) is 23.3 Å². The summed E-state index contributed by atoms with van der Waals surface area (Å²) in [5.41, 5.74) is 1.84. The summed E-state index contributed by atoms with van der Waals surface area (Å²) in [5, 5.41) is 1.00. The van der Waals surface area contributed by atoms with Crippen LogP contribution in [0.4, 0.5) is 0 Å². The van der Waals surface area contributed by atoms with Crippen molar-refractivity contribution in [2.24, 2.45) is 0 Å². The zero-order valence-corrected chi connectivity index (χ0v) is 7.73. The monoisotopic (exact) mass is 203 g/mol. The molecule has 2 nitrogen and oxygen atoms in total. The summed E-state index contributed by atoms with van der Waals surface area (Å²) >= 11 is 5.66. The van der Waals surface area contributed by atoms with Crippen molar-refractivity contribution in [3.8, 4) is 0 Å². The highest BCUT2D eigenvalue weighted by molar-refractivity contribution is 6.17. The number of fused-ring (bicyclic) bond motifs is 1. The summed E-state index contributed by atoms with van der Waals surface area (Å²) in [6, 6.07) is 1.82. The molecule has 64 valence electrons. The van der Waals surface area contributed by atoms with Crippen molar-refractivity contribution >= 4 is 35.0 Å². The molecule has 0 aliphatic rings. The molecule has 0 atom stereocenters. The minimum Gasteiger partial charge on any atom is -0.464 e. The molecule has 12 heavy (non-hydrogen) atoms. The molecule has 2 aromatic heterocycles. The molecule has 0 bridgehead atoms. The predicted molar refractivity (Wildman–Crippen MR) is 50.8 cm³/mol. The highest BCUT2D eigenvalue weighted by atomic mass is 35.5. The average molecular weight is 204 g/mol. The van der Waals surface area contributed by atoms with E-state index >= 15 is 0 Å². The Bertz CT molecular complexity index is 372. The highest BCUT2D eigenvalue weighted by Crippen LogP contribution is 2.20. The van der Waals surface area contributed by atoms with Crippen LogP contribution in [0.25, 0.3) is 11.0 Å². The number of rotatable bonds is 1. The van der Waals surface area contributed by atoms with E-state index < -0.39 is 0 Å². The number of halogens is 2. The fourth-order valence-electron chi connectivity index (χ4n) is 1.03. The second kappa shape index (κ2) is 3.78. The van der Waals surface area contributed by atoms with Crippen molar-refractivity contribution in [2.45, 2.75) is 5.88 Å². The molecule has 0 aromatic carbocycles. The molecule has 4 heteroatoms. The third-order valence-corrected chi connectivity index (χ3v) is 1.89. The molecule has 0 fully saturated rings. The molecule has 0 saturated heterocycles. The van der Waals surface area contributed by atoms with Crippen LogP contribution < -0.4 is 0 Å². The molecule has 0 radical (unpaired) electrons. The molecule has 0 aliphatic carbocycles. The fraction of sp³-hybridized carbons (Fsp3) is 0.125. The Labute approximate surface area is 80.9 Å². The number of aromatic nitrogens is 1. The molecular formula is C8H7Cl2NO. The average Bonchev–Trinajstić information content (AvgIpc) is 2.47. The minimum absolute atomic E-state index is 0. The second-order valence-corrected chi connectivity index (χ2v) is 2.53. The Balaban J connectivity index is 0.000000720. The van der Waals surface area contributed by atoms with Crippen LogP contribution in [0.3, 0.4) is 0 Å². The minimum atomic E-state index is 0. The van der Waals surface area contributed by atoms with Crippen LogP contribution in [0.15, 0.2) is 29.1 Å². The summed E-state index contributed by atoms with van der Waals surface area (Å²) in [4.78, 5) is 3.98. The van der Waals surface area contributed by atoms with E-state index in [2.05, 4.69) is 4.98 Å². The van der Waals surface area contributed by atoms with E-state index in [1.807, 2.05) is 6.07 Å². The summed E-state index contributed by atoms with van der Waals surface area (Å²) in [6.07, 6.45) is 5.12. The van der Waals surface area contributed by atoms with Crippen LogP contribution in [-0.4, -0.2) is 4.98 Å². The largest absolute Gasteiger partial charge is 0.464 e. The van der Waals surface area contributed by atoms with Crippen molar-refractivity contribution in [3.63, 3.8) is 0 Å². The van der Waals surface area contributed by atoms with Gasteiger partial charge in [-0.1, -0.05) is 0 Å². The molecule has 2 rings (SSSR count). The Kier molecular flexibility index (Phi) is 2.95. The van der Waals surface area contributed by atoms with Crippen LogP contribution in [0.1, 0.15) is 5.56 Å². The molecule has 0 N–H and O–H groups in total. The van der Waals surface area contributed by atoms with E-state index in [0.29, 0.717) is 5.88 Å². The maximum atomic E-state index is 5.66. The summed E-state index contributed by atoms with van der Waals surface area (Å²) in [6.45, 7) is 0. The van der Waals surface area contributed by atoms with Crippen molar-refractivity contribution < 1.29 is 4.42 Å². The quantitative estimate of drug-likeness (QED) is 0.667. The van der Waals surface area contributed by atoms with E-state index in [0.717, 1.165) is 16.5 Å². The third-order valence-electron chi connectivity index (χ3n) is 1.60. The Hall–Kier alpha value is -0.730. The SMILES string of the molecule is Cl.ClCc1coc2ccncc12. The van der Waals surface area contributed by atoms with Gasteiger partial charge < -0.3 is 4.42 Å². The number of nitrogens with zero attached hydrogens (tertiary/aromatic N) is 1. The van der Waals surface area contributed by atoms with Crippen LogP contribution in [0, 0.1) is 0 Å². The Morgan fingerprint density at radius 1 is 1.50 bits per heavy atom. The van der Waals surface area contributed by atoms with Crippen LogP contribution >= 0.6 is 24.0 Å². The van der Waals surface area contributed by atoms with Gasteiger partial charge in [0.15, 0.2) is 0 Å². The van der Waals surface area contributed by atoms with E-state index in [1.165, 1.54) is 0 Å². The maximum Gasteiger partial charge on any atom is 0.137 e. The molecule has 0 saturated carbocycles. The second-order valence-electron chi connectivity index (χ2n) is 2.27. The summed E-state index contributed by atoms with van der Waals surface area (Å²) < 4.78 is 5.22. The summed E-state index contributed by atoms with van der Waals surface area (Å²) in [5.74, 6) is 0.471.